The van der Waals surface area contributed by atoms with Gasteiger partial charge in [0.25, 0.3) is 0 Å². The van der Waals surface area contributed by atoms with Crippen LogP contribution in [-0.2, 0) is 14.3 Å². The lowest BCUT2D eigenvalue weighted by Gasteiger charge is -2.11. The molecule has 1 aromatic carbocycles. The van der Waals surface area contributed by atoms with Gasteiger partial charge in [-0.2, -0.15) is 0 Å². The first-order valence-electron chi connectivity index (χ1n) is 4.46. The van der Waals surface area contributed by atoms with Gasteiger partial charge in [0, 0.05) is 5.56 Å². The molecule has 1 aromatic rings. The molecule has 0 aromatic heterocycles. The largest absolute Gasteiger partial charge is 0.507 e. The second-order valence-corrected chi connectivity index (χ2v) is 3.19. The summed E-state index contributed by atoms with van der Waals surface area (Å²) in [6.07, 6.45) is -1.76. The van der Waals surface area contributed by atoms with E-state index < -0.39 is 18.4 Å². The smallest absolute Gasteiger partial charge is 0.335 e. The summed E-state index contributed by atoms with van der Waals surface area (Å²) >= 11 is 0. The molecule has 1 saturated heterocycles. The summed E-state index contributed by atoms with van der Waals surface area (Å²) in [4.78, 5) is 10.6. The highest BCUT2D eigenvalue weighted by Crippen LogP contribution is 2.32. The van der Waals surface area contributed by atoms with E-state index in [2.05, 4.69) is 0 Å². The number of hydrogen-bond donors (Lipinski definition) is 2. The van der Waals surface area contributed by atoms with Crippen molar-refractivity contribution in [2.45, 2.75) is 12.4 Å². The first-order valence-corrected chi connectivity index (χ1v) is 4.46. The van der Waals surface area contributed by atoms with Gasteiger partial charge >= 0.3 is 5.97 Å². The Kier molecular flexibility index (Phi) is 2.57. The Morgan fingerprint density at radius 2 is 2.13 bits per heavy atom. The van der Waals surface area contributed by atoms with Crippen molar-refractivity contribution in [3.05, 3.63) is 29.8 Å². The number of hydrogen-bond acceptors (Lipinski definition) is 4. The number of rotatable bonds is 2. The molecule has 1 aliphatic rings. The van der Waals surface area contributed by atoms with Crippen molar-refractivity contribution in [2.75, 3.05) is 6.61 Å². The summed E-state index contributed by atoms with van der Waals surface area (Å²) in [6.45, 7) is -0.00562. The van der Waals surface area contributed by atoms with Gasteiger partial charge in [0.15, 0.2) is 12.4 Å². The highest BCUT2D eigenvalue weighted by molar-refractivity contribution is 5.72. The fourth-order valence-electron chi connectivity index (χ4n) is 1.38. The predicted molar refractivity (Wildman–Crippen MR) is 49.3 cm³/mol. The van der Waals surface area contributed by atoms with Gasteiger partial charge in [0.05, 0.1) is 6.61 Å². The Labute approximate surface area is 85.9 Å². The van der Waals surface area contributed by atoms with Crippen LogP contribution in [0, 0.1) is 0 Å². The zero-order valence-electron chi connectivity index (χ0n) is 7.79. The van der Waals surface area contributed by atoms with Gasteiger partial charge in [0.2, 0.25) is 0 Å². The minimum Gasteiger partial charge on any atom is -0.507 e. The molecule has 2 rings (SSSR count). The summed E-state index contributed by atoms with van der Waals surface area (Å²) < 4.78 is 10.2. The molecule has 5 nitrogen and oxygen atoms in total. The van der Waals surface area contributed by atoms with Crippen molar-refractivity contribution >= 4 is 5.97 Å². The number of ether oxygens (including phenoxy) is 2. The summed E-state index contributed by atoms with van der Waals surface area (Å²) in [5.74, 6) is -1.03. The van der Waals surface area contributed by atoms with Crippen LogP contribution in [0.25, 0.3) is 0 Å². The molecule has 1 fully saturated rings. The van der Waals surface area contributed by atoms with E-state index in [1.54, 1.807) is 18.2 Å². The van der Waals surface area contributed by atoms with Crippen LogP contribution in [0.5, 0.6) is 5.75 Å². The first kappa shape index (κ1) is 9.95. The number of phenolic OH excluding ortho intramolecular Hbond substituents is 1. The van der Waals surface area contributed by atoms with Crippen LogP contribution in [0.4, 0.5) is 0 Å². The quantitative estimate of drug-likeness (QED) is 0.758. The molecule has 0 aliphatic carbocycles. The number of carboxylic acid groups (broad SMARTS) is 1. The maximum absolute atomic E-state index is 10.6. The lowest BCUT2D eigenvalue weighted by Crippen LogP contribution is -2.21. The molecule has 0 radical (unpaired) electrons. The molecule has 0 saturated carbocycles. The molecule has 1 aliphatic heterocycles. The summed E-state index contributed by atoms with van der Waals surface area (Å²) in [5.41, 5.74) is 0.446. The third kappa shape index (κ3) is 1.93. The summed E-state index contributed by atoms with van der Waals surface area (Å²) in [6, 6.07) is 6.51. The first-order chi connectivity index (χ1) is 7.18. The third-order valence-electron chi connectivity index (χ3n) is 2.15. The van der Waals surface area contributed by atoms with E-state index in [0.717, 1.165) is 0 Å². The number of phenols is 1. The fourth-order valence-corrected chi connectivity index (χ4v) is 1.38. The fraction of sp³-hybridized carbons (Fsp3) is 0.300. The van der Waals surface area contributed by atoms with Crippen LogP contribution in [0.15, 0.2) is 24.3 Å². The molecule has 1 heterocycles. The monoisotopic (exact) mass is 210 g/mol. The van der Waals surface area contributed by atoms with Crippen molar-refractivity contribution < 1.29 is 24.5 Å². The maximum Gasteiger partial charge on any atom is 0.335 e. The van der Waals surface area contributed by atoms with E-state index in [1.165, 1.54) is 6.07 Å². The number of aliphatic carboxylic acids is 1. The summed E-state index contributed by atoms with van der Waals surface area (Å²) in [7, 11) is 0. The number of benzene rings is 1. The summed E-state index contributed by atoms with van der Waals surface area (Å²) in [5, 5.41) is 18.2. The van der Waals surface area contributed by atoms with Crippen molar-refractivity contribution in [2.24, 2.45) is 0 Å². The maximum atomic E-state index is 10.6. The average molecular weight is 210 g/mol. The van der Waals surface area contributed by atoms with Gasteiger partial charge in [-0.05, 0) is 6.07 Å². The lowest BCUT2D eigenvalue weighted by molar-refractivity contribution is -0.150. The topological polar surface area (TPSA) is 76.0 Å². The van der Waals surface area contributed by atoms with Crippen molar-refractivity contribution in [3.8, 4) is 5.75 Å². The minimum atomic E-state index is -1.06. The number of carbonyl (C=O) groups is 1. The van der Waals surface area contributed by atoms with Crippen molar-refractivity contribution in [3.63, 3.8) is 0 Å². The number of aromatic hydroxyl groups is 1. The van der Waals surface area contributed by atoms with Crippen LogP contribution in [-0.4, -0.2) is 28.9 Å². The molecular formula is C10H10O5. The Hall–Kier alpha value is -1.59. The van der Waals surface area contributed by atoms with E-state index >= 15 is 0 Å². The van der Waals surface area contributed by atoms with Crippen LogP contribution in [0.3, 0.4) is 0 Å². The average Bonchev–Trinajstić information content (AvgIpc) is 2.67. The second-order valence-electron chi connectivity index (χ2n) is 3.19. The second kappa shape index (κ2) is 3.88. The predicted octanol–water partition coefficient (Wildman–Crippen LogP) is 0.891. The molecular weight excluding hydrogens is 200 g/mol. The standard InChI is InChI=1S/C10H10O5/c11-7-4-2-1-3-6(7)10-14-5-8(15-10)9(12)13/h1-4,8,10-11H,5H2,(H,12,13). The van der Waals surface area contributed by atoms with E-state index in [1.807, 2.05) is 0 Å². The zero-order valence-corrected chi connectivity index (χ0v) is 7.79. The van der Waals surface area contributed by atoms with Crippen LogP contribution < -0.4 is 0 Å². The van der Waals surface area contributed by atoms with Gasteiger partial charge < -0.3 is 19.7 Å². The molecule has 0 spiro atoms. The number of para-hydroxylation sites is 1. The van der Waals surface area contributed by atoms with Crippen LogP contribution in [0.1, 0.15) is 11.9 Å². The highest BCUT2D eigenvalue weighted by Gasteiger charge is 2.33. The molecule has 2 atom stereocenters. The van der Waals surface area contributed by atoms with Crippen molar-refractivity contribution in [1.82, 2.24) is 0 Å². The normalized spacial score (nSPS) is 25.3. The molecule has 5 heteroatoms. The van der Waals surface area contributed by atoms with E-state index in [-0.39, 0.29) is 12.4 Å². The highest BCUT2D eigenvalue weighted by atomic mass is 16.7. The van der Waals surface area contributed by atoms with E-state index in [4.69, 9.17) is 14.6 Å². The lowest BCUT2D eigenvalue weighted by atomic mass is 10.2. The van der Waals surface area contributed by atoms with E-state index in [0.29, 0.717) is 5.56 Å². The van der Waals surface area contributed by atoms with Gasteiger partial charge in [-0.25, -0.2) is 4.79 Å². The Morgan fingerprint density at radius 1 is 1.40 bits per heavy atom. The van der Waals surface area contributed by atoms with Gasteiger partial charge in [0.1, 0.15) is 5.75 Å². The van der Waals surface area contributed by atoms with Gasteiger partial charge in [-0.1, -0.05) is 18.2 Å². The Morgan fingerprint density at radius 3 is 2.73 bits per heavy atom. The SMILES string of the molecule is O=C(O)C1COC(c2ccccc2O)O1. The van der Waals surface area contributed by atoms with Crippen LogP contribution >= 0.6 is 0 Å². The molecule has 2 unspecified atom stereocenters. The minimum absolute atomic E-state index is 0.00562. The molecule has 15 heavy (non-hydrogen) atoms. The Bertz CT molecular complexity index is 376. The van der Waals surface area contributed by atoms with E-state index in [9.17, 15) is 9.90 Å². The molecule has 0 bridgehead atoms. The van der Waals surface area contributed by atoms with Gasteiger partial charge in [-0.3, -0.25) is 0 Å². The van der Waals surface area contributed by atoms with Crippen LogP contribution in [0.2, 0.25) is 0 Å². The molecule has 0 amide bonds. The zero-order chi connectivity index (χ0) is 10.8. The van der Waals surface area contributed by atoms with Crippen molar-refractivity contribution in [1.29, 1.82) is 0 Å². The number of carboxylic acids is 1. The Balaban J connectivity index is 2.14. The molecule has 2 N–H and O–H groups in total. The molecule has 80 valence electrons. The van der Waals surface area contributed by atoms with Gasteiger partial charge in [-0.15, -0.1) is 0 Å². The third-order valence-corrected chi connectivity index (χ3v) is 2.15.